The molecule has 2 atom stereocenters. The van der Waals surface area contributed by atoms with E-state index >= 15 is 0 Å². The predicted octanol–water partition coefficient (Wildman–Crippen LogP) is 4.11. The van der Waals surface area contributed by atoms with Gasteiger partial charge in [0.05, 0.1) is 5.41 Å². The van der Waals surface area contributed by atoms with E-state index < -0.39 is 0 Å². The van der Waals surface area contributed by atoms with Gasteiger partial charge in [0, 0.05) is 12.8 Å². The van der Waals surface area contributed by atoms with Gasteiger partial charge in [0.25, 0.3) is 0 Å². The number of ketones is 1. The highest BCUT2D eigenvalue weighted by molar-refractivity contribution is 5.90. The summed E-state index contributed by atoms with van der Waals surface area (Å²) in [5.41, 5.74) is 2.30. The average Bonchev–Trinajstić information content (AvgIpc) is 2.70. The lowest BCUT2D eigenvalue weighted by atomic mass is 9.71. The molecule has 2 heteroatoms. The number of fused-ring (bicyclic) bond motifs is 1. The molecule has 0 radical (unpaired) electrons. The molecule has 0 aromatic carbocycles. The van der Waals surface area contributed by atoms with Crippen LogP contribution in [0.4, 0.5) is 0 Å². The van der Waals surface area contributed by atoms with Crippen molar-refractivity contribution in [2.45, 2.75) is 71.1 Å². The Kier molecular flexibility index (Phi) is 3.07. The Morgan fingerprint density at radius 2 is 2.05 bits per heavy atom. The van der Waals surface area contributed by atoms with Crippen LogP contribution in [0.15, 0.2) is 4.42 Å². The highest BCUT2D eigenvalue weighted by atomic mass is 16.3. The summed E-state index contributed by atoms with van der Waals surface area (Å²) in [6.45, 7) is 6.53. The first kappa shape index (κ1) is 13.0. The van der Waals surface area contributed by atoms with Gasteiger partial charge >= 0.3 is 0 Å². The normalized spacial score (nSPS) is 31.3. The van der Waals surface area contributed by atoms with Gasteiger partial charge in [-0.1, -0.05) is 13.3 Å². The van der Waals surface area contributed by atoms with Gasteiger partial charge in [0.2, 0.25) is 0 Å². The largest absolute Gasteiger partial charge is 0.464 e. The summed E-state index contributed by atoms with van der Waals surface area (Å²) < 4.78 is 6.20. The van der Waals surface area contributed by atoms with Crippen molar-refractivity contribution >= 4 is 5.78 Å². The van der Waals surface area contributed by atoms with Crippen molar-refractivity contribution in [2.75, 3.05) is 0 Å². The molecule has 0 saturated heterocycles. The highest BCUT2D eigenvalue weighted by Gasteiger charge is 2.42. The molecule has 19 heavy (non-hydrogen) atoms. The Balaban J connectivity index is 2.04. The van der Waals surface area contributed by atoms with E-state index in [1.807, 2.05) is 0 Å². The standard InChI is InChI=1S/C17H24O2/c1-11-7-8-13-12(2)16(19-14(13)10-11)17(3)9-5-4-6-15(17)18/h11H,4-10H2,1-3H3. The molecule has 104 valence electrons. The third kappa shape index (κ3) is 1.96. The lowest BCUT2D eigenvalue weighted by molar-refractivity contribution is -0.126. The van der Waals surface area contributed by atoms with E-state index in [1.54, 1.807) is 0 Å². The van der Waals surface area contributed by atoms with Crippen molar-refractivity contribution in [1.82, 2.24) is 0 Å². The number of carbonyl (C=O) groups excluding carboxylic acids is 1. The number of hydrogen-bond donors (Lipinski definition) is 0. The van der Waals surface area contributed by atoms with E-state index in [0.717, 1.165) is 50.0 Å². The number of carbonyl (C=O) groups is 1. The molecule has 1 aromatic heterocycles. The maximum absolute atomic E-state index is 12.4. The Bertz CT molecular complexity index is 512. The summed E-state index contributed by atoms with van der Waals surface area (Å²) in [5, 5.41) is 0. The summed E-state index contributed by atoms with van der Waals surface area (Å²) >= 11 is 0. The van der Waals surface area contributed by atoms with E-state index in [2.05, 4.69) is 20.8 Å². The fraction of sp³-hybridized carbons (Fsp3) is 0.706. The molecule has 1 saturated carbocycles. The van der Waals surface area contributed by atoms with Crippen LogP contribution < -0.4 is 0 Å². The van der Waals surface area contributed by atoms with E-state index in [4.69, 9.17) is 4.42 Å². The van der Waals surface area contributed by atoms with Crippen LogP contribution in [-0.4, -0.2) is 5.78 Å². The van der Waals surface area contributed by atoms with Gasteiger partial charge in [0.1, 0.15) is 17.3 Å². The lowest BCUT2D eigenvalue weighted by Crippen LogP contribution is -2.35. The minimum atomic E-state index is -0.358. The van der Waals surface area contributed by atoms with Gasteiger partial charge in [-0.05, 0) is 56.6 Å². The molecule has 2 aliphatic carbocycles. The molecule has 3 rings (SSSR count). The van der Waals surface area contributed by atoms with Gasteiger partial charge < -0.3 is 4.42 Å². The molecule has 2 nitrogen and oxygen atoms in total. The second-order valence-electron chi connectivity index (χ2n) is 6.77. The summed E-state index contributed by atoms with van der Waals surface area (Å²) in [5.74, 6) is 3.23. The SMILES string of the molecule is Cc1c(C2(C)CCCCC2=O)oc2c1CCC(C)C2. The van der Waals surface area contributed by atoms with Crippen LogP contribution in [0.2, 0.25) is 0 Å². The van der Waals surface area contributed by atoms with E-state index in [1.165, 1.54) is 17.5 Å². The van der Waals surface area contributed by atoms with Crippen LogP contribution in [-0.2, 0) is 23.1 Å². The second-order valence-corrected chi connectivity index (χ2v) is 6.77. The zero-order valence-corrected chi connectivity index (χ0v) is 12.3. The number of hydrogen-bond acceptors (Lipinski definition) is 2. The van der Waals surface area contributed by atoms with E-state index in [0.29, 0.717) is 11.7 Å². The zero-order valence-electron chi connectivity index (χ0n) is 12.3. The number of rotatable bonds is 1. The molecule has 2 aliphatic rings. The van der Waals surface area contributed by atoms with Crippen molar-refractivity contribution < 1.29 is 9.21 Å². The molecule has 1 heterocycles. The molecule has 1 aromatic rings. The predicted molar refractivity (Wildman–Crippen MR) is 75.5 cm³/mol. The summed E-state index contributed by atoms with van der Waals surface area (Å²) in [6.07, 6.45) is 7.27. The van der Waals surface area contributed by atoms with Crippen LogP contribution in [0.1, 0.15) is 68.6 Å². The third-order valence-electron chi connectivity index (χ3n) is 5.22. The molecular formula is C17H24O2. The molecule has 0 amide bonds. The smallest absolute Gasteiger partial charge is 0.146 e. The molecule has 2 unspecified atom stereocenters. The van der Waals surface area contributed by atoms with Gasteiger partial charge in [0.15, 0.2) is 0 Å². The van der Waals surface area contributed by atoms with Crippen molar-refractivity contribution in [3.8, 4) is 0 Å². The first-order valence-corrected chi connectivity index (χ1v) is 7.67. The highest BCUT2D eigenvalue weighted by Crippen LogP contribution is 2.42. The van der Waals surface area contributed by atoms with Crippen molar-refractivity contribution in [2.24, 2.45) is 5.92 Å². The Labute approximate surface area is 115 Å². The second kappa shape index (κ2) is 4.50. The monoisotopic (exact) mass is 260 g/mol. The van der Waals surface area contributed by atoms with Gasteiger partial charge in [-0.25, -0.2) is 0 Å². The lowest BCUT2D eigenvalue weighted by Gasteiger charge is -2.30. The van der Waals surface area contributed by atoms with E-state index in [-0.39, 0.29) is 5.41 Å². The van der Waals surface area contributed by atoms with Gasteiger partial charge in [-0.2, -0.15) is 0 Å². The fourth-order valence-electron chi connectivity index (χ4n) is 3.85. The Morgan fingerprint density at radius 1 is 1.26 bits per heavy atom. The van der Waals surface area contributed by atoms with Crippen LogP contribution in [0.5, 0.6) is 0 Å². The molecule has 0 bridgehead atoms. The van der Waals surface area contributed by atoms with Crippen molar-refractivity contribution in [3.63, 3.8) is 0 Å². The minimum Gasteiger partial charge on any atom is -0.464 e. The number of Topliss-reactive ketones (excluding diaryl/α,β-unsaturated/α-hetero) is 1. The summed E-state index contributed by atoms with van der Waals surface area (Å²) in [6, 6.07) is 0. The maximum atomic E-state index is 12.4. The molecule has 1 fully saturated rings. The first-order chi connectivity index (χ1) is 9.02. The Hall–Kier alpha value is -1.05. The first-order valence-electron chi connectivity index (χ1n) is 7.67. The molecule has 0 spiro atoms. The minimum absolute atomic E-state index is 0.358. The average molecular weight is 260 g/mol. The quantitative estimate of drug-likeness (QED) is 0.760. The molecule has 0 aliphatic heterocycles. The van der Waals surface area contributed by atoms with E-state index in [9.17, 15) is 4.79 Å². The van der Waals surface area contributed by atoms with Crippen LogP contribution >= 0.6 is 0 Å². The van der Waals surface area contributed by atoms with Crippen LogP contribution in [0.25, 0.3) is 0 Å². The summed E-state index contributed by atoms with van der Waals surface area (Å²) in [7, 11) is 0. The maximum Gasteiger partial charge on any atom is 0.146 e. The van der Waals surface area contributed by atoms with Crippen molar-refractivity contribution in [3.05, 3.63) is 22.6 Å². The van der Waals surface area contributed by atoms with Crippen molar-refractivity contribution in [1.29, 1.82) is 0 Å². The number of furan rings is 1. The van der Waals surface area contributed by atoms with Gasteiger partial charge in [-0.3, -0.25) is 4.79 Å². The van der Waals surface area contributed by atoms with Crippen LogP contribution in [0.3, 0.4) is 0 Å². The Morgan fingerprint density at radius 3 is 2.79 bits per heavy atom. The zero-order chi connectivity index (χ0) is 13.6. The molecule has 0 N–H and O–H groups in total. The van der Waals surface area contributed by atoms with Crippen LogP contribution in [0, 0.1) is 12.8 Å². The summed E-state index contributed by atoms with van der Waals surface area (Å²) in [4.78, 5) is 12.4. The topological polar surface area (TPSA) is 30.2 Å². The fourth-order valence-corrected chi connectivity index (χ4v) is 3.85. The van der Waals surface area contributed by atoms with Gasteiger partial charge in [-0.15, -0.1) is 0 Å². The molecular weight excluding hydrogens is 236 g/mol. The third-order valence-corrected chi connectivity index (χ3v) is 5.22.